The van der Waals surface area contributed by atoms with E-state index in [0.29, 0.717) is 23.3 Å². The highest BCUT2D eigenvalue weighted by Gasteiger charge is 2.22. The van der Waals surface area contributed by atoms with Crippen LogP contribution in [-0.4, -0.2) is 19.8 Å². The van der Waals surface area contributed by atoms with E-state index < -0.39 is 0 Å². The van der Waals surface area contributed by atoms with Gasteiger partial charge in [-0.3, -0.25) is 4.79 Å². The zero-order valence-corrected chi connectivity index (χ0v) is 14.4. The molecule has 0 unspecified atom stereocenters. The lowest BCUT2D eigenvalue weighted by molar-refractivity contribution is 0.425. The fourth-order valence-corrected chi connectivity index (χ4v) is 3.04. The topological polar surface area (TPSA) is 81.2 Å². The molecule has 0 aliphatic rings. The highest BCUT2D eigenvalue weighted by molar-refractivity contribution is 5.90. The molecule has 6 heteroatoms. The fraction of sp³-hybridized carbons (Fsp3) is 0.150. The van der Waals surface area contributed by atoms with Gasteiger partial charge in [0.25, 0.3) is 11.4 Å². The van der Waals surface area contributed by atoms with Gasteiger partial charge in [0.15, 0.2) is 0 Å². The van der Waals surface area contributed by atoms with Crippen LogP contribution in [0.3, 0.4) is 0 Å². The van der Waals surface area contributed by atoms with Gasteiger partial charge >= 0.3 is 0 Å². The average Bonchev–Trinajstić information content (AvgIpc) is 3.12. The minimum absolute atomic E-state index is 0.0102. The van der Waals surface area contributed by atoms with Crippen molar-refractivity contribution in [1.82, 2.24) is 14.7 Å². The van der Waals surface area contributed by atoms with Crippen LogP contribution >= 0.6 is 0 Å². The van der Waals surface area contributed by atoms with Crippen molar-refractivity contribution >= 4 is 10.9 Å². The van der Waals surface area contributed by atoms with Crippen molar-refractivity contribution in [2.24, 2.45) is 0 Å². The molecule has 0 aliphatic carbocycles. The molecule has 26 heavy (non-hydrogen) atoms. The summed E-state index contributed by atoms with van der Waals surface area (Å²) >= 11 is 0. The molecule has 0 radical (unpaired) electrons. The normalized spacial score (nSPS) is 11.2. The van der Waals surface area contributed by atoms with Gasteiger partial charge in [-0.2, -0.15) is 4.98 Å². The smallest absolute Gasteiger partial charge is 0.267 e. The molecular weight excluding hydrogens is 330 g/mol. The largest absolute Gasteiger partial charge is 0.506 e. The molecule has 2 aromatic carbocycles. The van der Waals surface area contributed by atoms with Gasteiger partial charge in [0.05, 0.1) is 5.52 Å². The quantitative estimate of drug-likeness (QED) is 0.610. The molecule has 0 saturated heterocycles. The van der Waals surface area contributed by atoms with Crippen molar-refractivity contribution in [3.63, 3.8) is 0 Å². The molecule has 0 saturated carbocycles. The van der Waals surface area contributed by atoms with Crippen LogP contribution in [0.2, 0.25) is 0 Å². The van der Waals surface area contributed by atoms with Crippen LogP contribution in [-0.2, 0) is 6.54 Å². The third kappa shape index (κ3) is 2.47. The van der Waals surface area contributed by atoms with E-state index >= 15 is 0 Å². The van der Waals surface area contributed by atoms with Gasteiger partial charge in [-0.1, -0.05) is 47.1 Å². The van der Waals surface area contributed by atoms with E-state index in [2.05, 4.69) is 10.1 Å². The van der Waals surface area contributed by atoms with Crippen molar-refractivity contribution in [1.29, 1.82) is 0 Å². The van der Waals surface area contributed by atoms with Gasteiger partial charge in [0.2, 0.25) is 5.82 Å². The summed E-state index contributed by atoms with van der Waals surface area (Å²) in [5.41, 5.74) is 2.23. The highest BCUT2D eigenvalue weighted by atomic mass is 16.5. The first-order valence-corrected chi connectivity index (χ1v) is 8.35. The number of para-hydroxylation sites is 1. The lowest BCUT2D eigenvalue weighted by Gasteiger charge is -2.11. The highest BCUT2D eigenvalue weighted by Crippen LogP contribution is 2.33. The predicted octanol–water partition coefficient (Wildman–Crippen LogP) is 3.75. The minimum Gasteiger partial charge on any atom is -0.506 e. The number of aromatic nitrogens is 3. The summed E-state index contributed by atoms with van der Waals surface area (Å²) in [6, 6.07) is 14.9. The molecule has 0 atom stereocenters. The molecule has 1 N–H and O–H groups in total. The molecule has 0 spiro atoms. The maximum Gasteiger partial charge on any atom is 0.267 e. The summed E-state index contributed by atoms with van der Waals surface area (Å²) in [7, 11) is 0. The van der Waals surface area contributed by atoms with Gasteiger partial charge in [-0.25, -0.2) is 0 Å². The van der Waals surface area contributed by atoms with Crippen LogP contribution in [0.1, 0.15) is 12.5 Å². The Morgan fingerprint density at radius 3 is 2.58 bits per heavy atom. The second-order valence-corrected chi connectivity index (χ2v) is 6.08. The Labute approximate surface area is 149 Å². The summed E-state index contributed by atoms with van der Waals surface area (Å²) in [4.78, 5) is 17.2. The maximum atomic E-state index is 12.9. The Bertz CT molecular complexity index is 1160. The fourth-order valence-electron chi connectivity index (χ4n) is 3.04. The lowest BCUT2D eigenvalue weighted by Crippen LogP contribution is -2.21. The molecule has 2 heterocycles. The van der Waals surface area contributed by atoms with Gasteiger partial charge in [-0.05, 0) is 26.0 Å². The summed E-state index contributed by atoms with van der Waals surface area (Å²) in [5.74, 6) is 0.237. The van der Waals surface area contributed by atoms with Crippen LogP contribution in [0.15, 0.2) is 57.8 Å². The Morgan fingerprint density at radius 2 is 1.85 bits per heavy atom. The van der Waals surface area contributed by atoms with E-state index in [9.17, 15) is 9.90 Å². The number of aryl methyl sites for hydroxylation is 2. The van der Waals surface area contributed by atoms with Crippen LogP contribution in [0.4, 0.5) is 0 Å². The van der Waals surface area contributed by atoms with Crippen molar-refractivity contribution in [3.8, 4) is 28.6 Å². The minimum atomic E-state index is -0.359. The first-order valence-electron chi connectivity index (χ1n) is 8.35. The standard InChI is InChI=1S/C20H17N3O3/c1-3-23-15-7-5-4-6-14(15)17(24)16(20(23)25)19-21-18(22-26-19)13-10-8-12(2)9-11-13/h4-11,24H,3H2,1-2H3. The van der Waals surface area contributed by atoms with Gasteiger partial charge in [0.1, 0.15) is 11.3 Å². The van der Waals surface area contributed by atoms with E-state index in [4.69, 9.17) is 4.52 Å². The van der Waals surface area contributed by atoms with E-state index in [1.54, 1.807) is 16.7 Å². The molecule has 4 aromatic rings. The summed E-state index contributed by atoms with van der Waals surface area (Å²) in [6.45, 7) is 4.33. The summed E-state index contributed by atoms with van der Waals surface area (Å²) < 4.78 is 6.89. The Morgan fingerprint density at radius 1 is 1.12 bits per heavy atom. The van der Waals surface area contributed by atoms with Gasteiger partial charge in [-0.15, -0.1) is 0 Å². The van der Waals surface area contributed by atoms with Crippen molar-refractivity contribution in [3.05, 3.63) is 64.4 Å². The molecule has 4 rings (SSSR count). The Balaban J connectivity index is 1.93. The molecule has 0 aliphatic heterocycles. The number of benzene rings is 2. The molecule has 2 aromatic heterocycles. The molecule has 130 valence electrons. The maximum absolute atomic E-state index is 12.9. The van der Waals surface area contributed by atoms with Crippen LogP contribution in [0, 0.1) is 6.92 Å². The third-order valence-corrected chi connectivity index (χ3v) is 4.41. The SMILES string of the molecule is CCn1c(=O)c(-c2nc(-c3ccc(C)cc3)no2)c(O)c2ccccc21. The van der Waals surface area contributed by atoms with Crippen molar-refractivity contribution in [2.75, 3.05) is 0 Å². The first-order chi connectivity index (χ1) is 12.6. The van der Waals surface area contributed by atoms with E-state index in [1.807, 2.05) is 50.2 Å². The van der Waals surface area contributed by atoms with Crippen LogP contribution in [0.25, 0.3) is 33.7 Å². The summed E-state index contributed by atoms with van der Waals surface area (Å²) in [5, 5.41) is 15.2. The Kier molecular flexibility index (Phi) is 3.80. The molecular formula is C20H17N3O3. The predicted molar refractivity (Wildman–Crippen MR) is 99.0 cm³/mol. The van der Waals surface area contributed by atoms with Crippen LogP contribution < -0.4 is 5.56 Å². The molecule has 0 fully saturated rings. The number of rotatable bonds is 3. The van der Waals surface area contributed by atoms with Crippen molar-refractivity contribution in [2.45, 2.75) is 20.4 Å². The van der Waals surface area contributed by atoms with Gasteiger partial charge in [0, 0.05) is 17.5 Å². The van der Waals surface area contributed by atoms with E-state index in [1.165, 1.54) is 0 Å². The van der Waals surface area contributed by atoms with E-state index in [0.717, 1.165) is 11.1 Å². The molecule has 0 amide bonds. The number of pyridine rings is 1. The zero-order valence-electron chi connectivity index (χ0n) is 14.4. The molecule has 6 nitrogen and oxygen atoms in total. The molecule has 0 bridgehead atoms. The van der Waals surface area contributed by atoms with Crippen LogP contribution in [0.5, 0.6) is 5.75 Å². The number of fused-ring (bicyclic) bond motifs is 1. The third-order valence-electron chi connectivity index (χ3n) is 4.41. The number of aromatic hydroxyl groups is 1. The zero-order chi connectivity index (χ0) is 18.3. The number of hydrogen-bond acceptors (Lipinski definition) is 5. The Hall–Kier alpha value is -3.41. The van der Waals surface area contributed by atoms with Gasteiger partial charge < -0.3 is 14.2 Å². The number of nitrogens with zero attached hydrogens (tertiary/aromatic N) is 3. The second kappa shape index (κ2) is 6.15. The monoisotopic (exact) mass is 347 g/mol. The lowest BCUT2D eigenvalue weighted by atomic mass is 10.1. The number of hydrogen-bond donors (Lipinski definition) is 1. The second-order valence-electron chi connectivity index (χ2n) is 6.08. The summed E-state index contributed by atoms with van der Waals surface area (Å²) in [6.07, 6.45) is 0. The van der Waals surface area contributed by atoms with E-state index in [-0.39, 0.29) is 22.8 Å². The first kappa shape index (κ1) is 16.1. The van der Waals surface area contributed by atoms with Crippen molar-refractivity contribution < 1.29 is 9.63 Å². The average molecular weight is 347 g/mol.